The van der Waals surface area contributed by atoms with Gasteiger partial charge in [0.1, 0.15) is 0 Å². The van der Waals surface area contributed by atoms with Crippen molar-refractivity contribution in [3.8, 4) is 11.4 Å². The second-order valence-electron chi connectivity index (χ2n) is 6.74. The average Bonchev–Trinajstić information content (AvgIpc) is 3.04. The van der Waals surface area contributed by atoms with Gasteiger partial charge in [0.15, 0.2) is 0 Å². The second-order valence-corrected chi connectivity index (χ2v) is 7.18. The van der Waals surface area contributed by atoms with Crippen molar-refractivity contribution in [3.05, 3.63) is 35.2 Å². The molecule has 3 rings (SSSR count). The molecule has 0 saturated carbocycles. The number of halogens is 1. The Morgan fingerprint density at radius 1 is 1.46 bits per heavy atom. The molecule has 1 amide bonds. The number of carbonyl (C=O) groups excluding carboxylic acids is 1. The van der Waals surface area contributed by atoms with Crippen molar-refractivity contribution in [2.24, 2.45) is 5.92 Å². The highest BCUT2D eigenvalue weighted by atomic mass is 35.5. The quantitative estimate of drug-likeness (QED) is 0.833. The lowest BCUT2D eigenvalue weighted by Gasteiger charge is -2.31. The summed E-state index contributed by atoms with van der Waals surface area (Å²) < 4.78 is 5.47. The first kappa shape index (κ1) is 17.0. The molecule has 0 spiro atoms. The zero-order valence-electron chi connectivity index (χ0n) is 14.0. The van der Waals surface area contributed by atoms with Gasteiger partial charge >= 0.3 is 0 Å². The predicted octanol–water partition coefficient (Wildman–Crippen LogP) is 4.14. The topological polar surface area (TPSA) is 59.2 Å². The highest BCUT2D eigenvalue weighted by molar-refractivity contribution is 6.30. The number of aromatic nitrogens is 2. The third-order valence-corrected chi connectivity index (χ3v) is 4.47. The third-order valence-electron chi connectivity index (χ3n) is 4.23. The summed E-state index contributed by atoms with van der Waals surface area (Å²) >= 11 is 6.02. The first-order chi connectivity index (χ1) is 11.5. The summed E-state index contributed by atoms with van der Waals surface area (Å²) in [4.78, 5) is 18.7. The summed E-state index contributed by atoms with van der Waals surface area (Å²) in [6.45, 7) is 5.60. The van der Waals surface area contributed by atoms with Crippen molar-refractivity contribution >= 4 is 17.5 Å². The molecular weight excluding hydrogens is 326 g/mol. The van der Waals surface area contributed by atoms with E-state index < -0.39 is 0 Å². The zero-order valence-corrected chi connectivity index (χ0v) is 14.8. The smallest absolute Gasteiger partial charge is 0.231 e. The molecule has 0 N–H and O–H groups in total. The van der Waals surface area contributed by atoms with E-state index in [1.807, 2.05) is 29.2 Å². The molecule has 0 aliphatic carbocycles. The van der Waals surface area contributed by atoms with Gasteiger partial charge in [-0.15, -0.1) is 0 Å². The molecule has 1 saturated heterocycles. The lowest BCUT2D eigenvalue weighted by Crippen LogP contribution is -2.39. The summed E-state index contributed by atoms with van der Waals surface area (Å²) in [6, 6.07) is 7.39. The third kappa shape index (κ3) is 3.96. The van der Waals surface area contributed by atoms with Crippen molar-refractivity contribution < 1.29 is 9.32 Å². The van der Waals surface area contributed by atoms with E-state index in [1.54, 1.807) is 0 Å². The summed E-state index contributed by atoms with van der Waals surface area (Å²) in [7, 11) is 0. The molecule has 0 radical (unpaired) electrons. The Labute approximate surface area is 147 Å². The maximum atomic E-state index is 12.3. The van der Waals surface area contributed by atoms with E-state index in [1.165, 1.54) is 0 Å². The molecule has 0 unspecified atom stereocenters. The normalized spacial score (nSPS) is 18.2. The summed E-state index contributed by atoms with van der Waals surface area (Å²) in [6.07, 6.45) is 2.51. The minimum Gasteiger partial charge on any atom is -0.342 e. The van der Waals surface area contributed by atoms with E-state index in [0.717, 1.165) is 24.9 Å². The van der Waals surface area contributed by atoms with E-state index in [-0.39, 0.29) is 11.8 Å². The molecule has 24 heavy (non-hydrogen) atoms. The number of amides is 1. The highest BCUT2D eigenvalue weighted by Gasteiger charge is 2.28. The number of carbonyl (C=O) groups is 1. The van der Waals surface area contributed by atoms with Gasteiger partial charge in [-0.2, -0.15) is 4.98 Å². The zero-order chi connectivity index (χ0) is 17.1. The van der Waals surface area contributed by atoms with E-state index in [9.17, 15) is 4.79 Å². The molecule has 1 aliphatic rings. The number of hydrogen-bond acceptors (Lipinski definition) is 4. The SMILES string of the molecule is CC(C)CC(=O)N1CCC[C@H](c2nc(-c3cccc(Cl)c3)no2)C1. The van der Waals surface area contributed by atoms with Crippen LogP contribution in [0.1, 0.15) is 44.9 Å². The van der Waals surface area contributed by atoms with Crippen molar-refractivity contribution in [3.63, 3.8) is 0 Å². The van der Waals surface area contributed by atoms with Crippen molar-refractivity contribution in [1.29, 1.82) is 0 Å². The molecule has 2 heterocycles. The fourth-order valence-corrected chi connectivity index (χ4v) is 3.22. The van der Waals surface area contributed by atoms with Gasteiger partial charge in [-0.25, -0.2) is 0 Å². The van der Waals surface area contributed by atoms with Crippen LogP contribution in [0.25, 0.3) is 11.4 Å². The van der Waals surface area contributed by atoms with Crippen LogP contribution in [0, 0.1) is 5.92 Å². The first-order valence-corrected chi connectivity index (χ1v) is 8.78. The molecule has 5 nitrogen and oxygen atoms in total. The van der Waals surface area contributed by atoms with Crippen LogP contribution >= 0.6 is 11.6 Å². The molecular formula is C18H22ClN3O2. The Morgan fingerprint density at radius 2 is 2.29 bits per heavy atom. The summed E-state index contributed by atoms with van der Waals surface area (Å²) in [5, 5.41) is 4.71. The van der Waals surface area contributed by atoms with Gasteiger partial charge in [0, 0.05) is 30.1 Å². The molecule has 128 valence electrons. The van der Waals surface area contributed by atoms with E-state index in [4.69, 9.17) is 16.1 Å². The average molecular weight is 348 g/mol. The van der Waals surface area contributed by atoms with Gasteiger partial charge in [-0.05, 0) is 30.9 Å². The largest absolute Gasteiger partial charge is 0.342 e. The molecule has 1 aromatic carbocycles. The minimum absolute atomic E-state index is 0.107. The lowest BCUT2D eigenvalue weighted by atomic mass is 9.97. The fourth-order valence-electron chi connectivity index (χ4n) is 3.03. The Hall–Kier alpha value is -1.88. The van der Waals surface area contributed by atoms with Crippen LogP contribution in [0.5, 0.6) is 0 Å². The van der Waals surface area contributed by atoms with Crippen LogP contribution in [0.4, 0.5) is 0 Å². The molecule has 1 fully saturated rings. The van der Waals surface area contributed by atoms with Gasteiger partial charge in [0.05, 0.1) is 5.92 Å². The van der Waals surface area contributed by atoms with Gasteiger partial charge in [0.2, 0.25) is 17.6 Å². The Kier molecular flexibility index (Phi) is 5.19. The predicted molar refractivity (Wildman–Crippen MR) is 92.8 cm³/mol. The Bertz CT molecular complexity index is 714. The van der Waals surface area contributed by atoms with Crippen LogP contribution in [0.15, 0.2) is 28.8 Å². The first-order valence-electron chi connectivity index (χ1n) is 8.40. The minimum atomic E-state index is 0.107. The van der Waals surface area contributed by atoms with Gasteiger partial charge in [0.25, 0.3) is 0 Å². The second kappa shape index (κ2) is 7.34. The van der Waals surface area contributed by atoms with Crippen LogP contribution in [-0.2, 0) is 4.79 Å². The number of hydrogen-bond donors (Lipinski definition) is 0. The summed E-state index contributed by atoms with van der Waals surface area (Å²) in [5.74, 6) is 1.83. The van der Waals surface area contributed by atoms with Crippen LogP contribution in [0.3, 0.4) is 0 Å². The fraction of sp³-hybridized carbons (Fsp3) is 0.500. The maximum absolute atomic E-state index is 12.3. The van der Waals surface area contributed by atoms with Gasteiger partial charge in [-0.3, -0.25) is 4.79 Å². The lowest BCUT2D eigenvalue weighted by molar-refractivity contribution is -0.133. The van der Waals surface area contributed by atoms with Crippen LogP contribution in [-0.4, -0.2) is 34.0 Å². The molecule has 1 atom stereocenters. The number of likely N-dealkylation sites (tertiary alicyclic amines) is 1. The van der Waals surface area contributed by atoms with Crippen LogP contribution in [0.2, 0.25) is 5.02 Å². The maximum Gasteiger partial charge on any atom is 0.231 e. The highest BCUT2D eigenvalue weighted by Crippen LogP contribution is 2.28. The molecule has 2 aromatic rings. The molecule has 0 bridgehead atoms. The number of nitrogens with zero attached hydrogens (tertiary/aromatic N) is 3. The molecule has 6 heteroatoms. The van der Waals surface area contributed by atoms with E-state index >= 15 is 0 Å². The van der Waals surface area contributed by atoms with Crippen LogP contribution < -0.4 is 0 Å². The van der Waals surface area contributed by atoms with E-state index in [0.29, 0.717) is 35.6 Å². The van der Waals surface area contributed by atoms with Gasteiger partial charge in [-0.1, -0.05) is 42.7 Å². The number of rotatable bonds is 4. The Balaban J connectivity index is 1.71. The standard InChI is InChI=1S/C18H22ClN3O2/c1-12(2)9-16(23)22-8-4-6-14(11-22)18-20-17(21-24-18)13-5-3-7-15(19)10-13/h3,5,7,10,12,14H,4,6,8-9,11H2,1-2H3/t14-/m0/s1. The van der Waals surface area contributed by atoms with Crippen molar-refractivity contribution in [1.82, 2.24) is 15.0 Å². The van der Waals surface area contributed by atoms with Crippen molar-refractivity contribution in [2.45, 2.75) is 39.0 Å². The summed E-state index contributed by atoms with van der Waals surface area (Å²) in [5.41, 5.74) is 0.834. The van der Waals surface area contributed by atoms with Gasteiger partial charge < -0.3 is 9.42 Å². The van der Waals surface area contributed by atoms with E-state index in [2.05, 4.69) is 24.0 Å². The Morgan fingerprint density at radius 3 is 3.04 bits per heavy atom. The van der Waals surface area contributed by atoms with Crippen molar-refractivity contribution in [2.75, 3.05) is 13.1 Å². The molecule has 1 aliphatic heterocycles. The number of piperidine rings is 1. The molecule has 1 aromatic heterocycles. The monoisotopic (exact) mass is 347 g/mol. The number of benzene rings is 1.